The number of ether oxygens (including phenoxy) is 2. The SMILES string of the molecule is COc1cccc(CCC(=O)Nc2sc3c(c2C#N)CCC(OC(=O)NCc2ccnn2C)C3)c1. The maximum atomic E-state index is 12.6. The van der Waals surface area contributed by atoms with E-state index < -0.39 is 6.09 Å². The van der Waals surface area contributed by atoms with E-state index in [4.69, 9.17) is 9.47 Å². The van der Waals surface area contributed by atoms with E-state index in [0.717, 1.165) is 27.4 Å². The third-order valence-electron chi connectivity index (χ3n) is 5.97. The van der Waals surface area contributed by atoms with Gasteiger partial charge in [-0.1, -0.05) is 12.1 Å². The van der Waals surface area contributed by atoms with Gasteiger partial charge < -0.3 is 20.1 Å². The van der Waals surface area contributed by atoms with Crippen LogP contribution in [0.2, 0.25) is 0 Å². The van der Waals surface area contributed by atoms with Crippen LogP contribution in [0, 0.1) is 11.3 Å². The van der Waals surface area contributed by atoms with Gasteiger partial charge in [0.1, 0.15) is 22.9 Å². The molecule has 2 heterocycles. The van der Waals surface area contributed by atoms with Gasteiger partial charge in [0, 0.05) is 31.0 Å². The topological polar surface area (TPSA) is 118 Å². The number of aromatic nitrogens is 2. The van der Waals surface area contributed by atoms with Crippen molar-refractivity contribution in [1.29, 1.82) is 5.26 Å². The van der Waals surface area contributed by atoms with Crippen molar-refractivity contribution in [3.8, 4) is 11.8 Å². The number of nitrogens with one attached hydrogen (secondary N) is 2. The number of hydrogen-bond acceptors (Lipinski definition) is 7. The summed E-state index contributed by atoms with van der Waals surface area (Å²) in [6, 6.07) is 11.7. The van der Waals surface area contributed by atoms with E-state index in [9.17, 15) is 14.9 Å². The Hall–Kier alpha value is -3.84. The van der Waals surface area contributed by atoms with Gasteiger partial charge in [-0.15, -0.1) is 11.3 Å². The van der Waals surface area contributed by atoms with Crippen molar-refractivity contribution in [3.05, 3.63) is 63.8 Å². The number of nitrogens with zero attached hydrogens (tertiary/aromatic N) is 3. The summed E-state index contributed by atoms with van der Waals surface area (Å²) in [7, 11) is 3.42. The van der Waals surface area contributed by atoms with Gasteiger partial charge in [-0.25, -0.2) is 4.79 Å². The second-order valence-electron chi connectivity index (χ2n) is 8.29. The highest BCUT2D eigenvalue weighted by Crippen LogP contribution is 2.38. The van der Waals surface area contributed by atoms with E-state index in [0.29, 0.717) is 49.2 Å². The molecule has 4 rings (SSSR count). The lowest BCUT2D eigenvalue weighted by Crippen LogP contribution is -2.32. The molecular formula is C25H27N5O4S. The van der Waals surface area contributed by atoms with Crippen LogP contribution in [0.5, 0.6) is 5.75 Å². The summed E-state index contributed by atoms with van der Waals surface area (Å²) in [6.07, 6.45) is 3.54. The Morgan fingerprint density at radius 1 is 1.34 bits per heavy atom. The van der Waals surface area contributed by atoms with Gasteiger partial charge in [0.15, 0.2) is 0 Å². The van der Waals surface area contributed by atoms with Gasteiger partial charge in [0.25, 0.3) is 0 Å². The number of fused-ring (bicyclic) bond motifs is 1. The first-order valence-electron chi connectivity index (χ1n) is 11.4. The van der Waals surface area contributed by atoms with Crippen LogP contribution in [0.1, 0.15) is 40.1 Å². The fraction of sp³-hybridized carbons (Fsp3) is 0.360. The minimum absolute atomic E-state index is 0.148. The molecule has 2 amide bonds. The zero-order chi connectivity index (χ0) is 24.8. The lowest BCUT2D eigenvalue weighted by atomic mass is 9.94. The van der Waals surface area contributed by atoms with Crippen molar-refractivity contribution in [2.24, 2.45) is 7.05 Å². The molecule has 35 heavy (non-hydrogen) atoms. The third kappa shape index (κ3) is 6.00. The first-order chi connectivity index (χ1) is 17.0. The average molecular weight is 494 g/mol. The van der Waals surface area contributed by atoms with Crippen LogP contribution in [0.4, 0.5) is 9.80 Å². The molecule has 0 saturated heterocycles. The van der Waals surface area contributed by atoms with E-state index in [1.54, 1.807) is 18.0 Å². The van der Waals surface area contributed by atoms with Crippen LogP contribution in [-0.2, 0) is 42.4 Å². The van der Waals surface area contributed by atoms with E-state index >= 15 is 0 Å². The number of hydrogen-bond donors (Lipinski definition) is 2. The zero-order valence-corrected chi connectivity index (χ0v) is 20.5. The number of alkyl carbamates (subject to hydrolysis) is 1. The molecule has 1 atom stereocenters. The molecule has 0 radical (unpaired) electrons. The monoisotopic (exact) mass is 493 g/mol. The summed E-state index contributed by atoms with van der Waals surface area (Å²) in [6.45, 7) is 0.330. The molecule has 0 bridgehead atoms. The van der Waals surface area contributed by atoms with Crippen LogP contribution >= 0.6 is 11.3 Å². The smallest absolute Gasteiger partial charge is 0.407 e. The Kier molecular flexibility index (Phi) is 7.67. The summed E-state index contributed by atoms with van der Waals surface area (Å²) < 4.78 is 12.5. The van der Waals surface area contributed by atoms with Crippen molar-refractivity contribution >= 4 is 28.3 Å². The number of rotatable bonds is 8. The number of carbonyl (C=O) groups excluding carboxylic acids is 2. The lowest BCUT2D eigenvalue weighted by molar-refractivity contribution is -0.116. The summed E-state index contributed by atoms with van der Waals surface area (Å²) in [5.41, 5.74) is 3.33. The van der Waals surface area contributed by atoms with Gasteiger partial charge in [-0.2, -0.15) is 10.4 Å². The predicted octanol–water partition coefficient (Wildman–Crippen LogP) is 3.72. The largest absolute Gasteiger partial charge is 0.497 e. The Labute approximate surface area is 207 Å². The Bertz CT molecular complexity index is 1260. The number of aryl methyl sites for hydroxylation is 2. The molecule has 1 aromatic carbocycles. The van der Waals surface area contributed by atoms with E-state index in [2.05, 4.69) is 21.8 Å². The number of amides is 2. The molecule has 10 heteroatoms. The maximum absolute atomic E-state index is 12.6. The highest BCUT2D eigenvalue weighted by atomic mass is 32.1. The predicted molar refractivity (Wildman–Crippen MR) is 131 cm³/mol. The molecule has 1 unspecified atom stereocenters. The zero-order valence-electron chi connectivity index (χ0n) is 19.7. The molecule has 0 fully saturated rings. The van der Waals surface area contributed by atoms with E-state index in [1.165, 1.54) is 11.3 Å². The minimum atomic E-state index is -0.484. The number of thiophene rings is 1. The van der Waals surface area contributed by atoms with Crippen molar-refractivity contribution < 1.29 is 19.1 Å². The van der Waals surface area contributed by atoms with Gasteiger partial charge >= 0.3 is 6.09 Å². The highest BCUT2D eigenvalue weighted by molar-refractivity contribution is 7.16. The molecular weight excluding hydrogens is 466 g/mol. The summed E-state index contributed by atoms with van der Waals surface area (Å²) in [5.74, 6) is 0.605. The quantitative estimate of drug-likeness (QED) is 0.494. The molecule has 1 aliphatic carbocycles. The number of carbonyl (C=O) groups is 2. The van der Waals surface area contributed by atoms with Crippen LogP contribution in [0.15, 0.2) is 36.5 Å². The fourth-order valence-electron chi connectivity index (χ4n) is 4.07. The number of benzene rings is 1. The number of anilines is 1. The normalized spacial score (nSPS) is 14.5. The molecule has 2 aromatic heterocycles. The molecule has 0 spiro atoms. The van der Waals surface area contributed by atoms with Crippen LogP contribution in [-0.4, -0.2) is 35.0 Å². The molecule has 0 saturated carbocycles. The lowest BCUT2D eigenvalue weighted by Gasteiger charge is -2.22. The Morgan fingerprint density at radius 2 is 2.20 bits per heavy atom. The van der Waals surface area contributed by atoms with Crippen molar-refractivity contribution in [2.75, 3.05) is 12.4 Å². The van der Waals surface area contributed by atoms with Gasteiger partial charge in [0.05, 0.1) is 24.9 Å². The molecule has 0 aliphatic heterocycles. The van der Waals surface area contributed by atoms with Crippen LogP contribution in [0.3, 0.4) is 0 Å². The molecule has 182 valence electrons. The summed E-state index contributed by atoms with van der Waals surface area (Å²) >= 11 is 1.39. The number of methoxy groups -OCH3 is 1. The first-order valence-corrected chi connectivity index (χ1v) is 12.2. The molecule has 3 aromatic rings. The van der Waals surface area contributed by atoms with E-state index in [-0.39, 0.29) is 12.0 Å². The average Bonchev–Trinajstić information content (AvgIpc) is 3.43. The highest BCUT2D eigenvalue weighted by Gasteiger charge is 2.28. The third-order valence-corrected chi connectivity index (χ3v) is 7.14. The minimum Gasteiger partial charge on any atom is -0.497 e. The summed E-state index contributed by atoms with van der Waals surface area (Å²) in [5, 5.41) is 20.0. The van der Waals surface area contributed by atoms with E-state index in [1.807, 2.05) is 37.4 Å². The number of nitriles is 1. The van der Waals surface area contributed by atoms with Gasteiger partial charge in [-0.05, 0) is 48.6 Å². The molecule has 9 nitrogen and oxygen atoms in total. The first kappa shape index (κ1) is 24.3. The van der Waals surface area contributed by atoms with Crippen LogP contribution < -0.4 is 15.4 Å². The molecule has 2 N–H and O–H groups in total. The van der Waals surface area contributed by atoms with Gasteiger partial charge in [-0.3, -0.25) is 9.48 Å². The standard InChI is InChI=1S/C25H27N5O4S/c1-30-17(10-11-28-30)15-27-25(32)34-19-7-8-20-21(14-26)24(35-22(20)13-19)29-23(31)9-6-16-4-3-5-18(12-16)33-2/h3-5,10-12,19H,6-9,13,15H2,1-2H3,(H,27,32)(H,29,31). The van der Waals surface area contributed by atoms with Crippen molar-refractivity contribution in [3.63, 3.8) is 0 Å². The van der Waals surface area contributed by atoms with Crippen molar-refractivity contribution in [2.45, 2.75) is 44.8 Å². The second-order valence-corrected chi connectivity index (χ2v) is 9.39. The molecule has 1 aliphatic rings. The van der Waals surface area contributed by atoms with Crippen LogP contribution in [0.25, 0.3) is 0 Å². The Morgan fingerprint density at radius 3 is 2.94 bits per heavy atom. The van der Waals surface area contributed by atoms with Gasteiger partial charge in [0.2, 0.25) is 5.91 Å². The Balaban J connectivity index is 1.32. The second kappa shape index (κ2) is 11.1. The maximum Gasteiger partial charge on any atom is 0.407 e. The summed E-state index contributed by atoms with van der Waals surface area (Å²) in [4.78, 5) is 25.8. The fourth-order valence-corrected chi connectivity index (χ4v) is 5.35. The van der Waals surface area contributed by atoms with Crippen molar-refractivity contribution in [1.82, 2.24) is 15.1 Å².